The zero-order valence-corrected chi connectivity index (χ0v) is 9.17. The maximum absolute atomic E-state index is 13.4. The lowest BCUT2D eigenvalue weighted by atomic mass is 10.2. The van der Waals surface area contributed by atoms with E-state index in [1.165, 1.54) is 6.92 Å². The maximum atomic E-state index is 13.4. The van der Waals surface area contributed by atoms with Crippen LogP contribution in [0.2, 0.25) is 0 Å². The predicted molar refractivity (Wildman–Crippen MR) is 51.7 cm³/mol. The van der Waals surface area contributed by atoms with Gasteiger partial charge in [-0.15, -0.1) is 0 Å². The van der Waals surface area contributed by atoms with Gasteiger partial charge in [-0.2, -0.15) is 4.39 Å². The molecule has 0 saturated heterocycles. The van der Waals surface area contributed by atoms with Crippen LogP contribution in [0.5, 0.6) is 5.75 Å². The van der Waals surface area contributed by atoms with E-state index in [2.05, 4.69) is 14.5 Å². The molecule has 0 aliphatic carbocycles. The molecule has 0 saturated carbocycles. The molecule has 0 radical (unpaired) electrons. The highest BCUT2D eigenvalue weighted by Gasteiger charge is 2.24. The number of pyridine rings is 1. The Labute approximate surface area is 95.4 Å². The van der Waals surface area contributed by atoms with E-state index >= 15 is 0 Å². The summed E-state index contributed by atoms with van der Waals surface area (Å²) < 4.78 is 47.3. The van der Waals surface area contributed by atoms with Gasteiger partial charge in [0.05, 0.1) is 13.7 Å². The lowest BCUT2D eigenvalue weighted by Crippen LogP contribution is -2.12. The van der Waals surface area contributed by atoms with Crippen LogP contribution >= 0.6 is 0 Å². The van der Waals surface area contributed by atoms with Crippen LogP contribution < -0.4 is 4.74 Å². The molecule has 1 aromatic heterocycles. The van der Waals surface area contributed by atoms with E-state index in [4.69, 9.17) is 0 Å². The molecule has 94 valence electrons. The number of carbonyl (C=O) groups is 1. The Balaban J connectivity index is 3.25. The number of ether oxygens (including phenoxy) is 2. The second-order valence-electron chi connectivity index (χ2n) is 2.94. The second-order valence-corrected chi connectivity index (χ2v) is 2.94. The largest absolute Gasteiger partial charge is 0.496 e. The van der Waals surface area contributed by atoms with E-state index in [0.717, 1.165) is 13.2 Å². The molecule has 4 nitrogen and oxygen atoms in total. The molecule has 0 amide bonds. The number of hydrogen-bond donors (Lipinski definition) is 0. The number of halogens is 3. The standard InChI is InChI=1S/C10H10F3NO3/c1-3-17-10(15)7-6(16-2)4-5(8(11)12)14-9(7)13/h4,8H,3H2,1-2H3. The minimum absolute atomic E-state index is 0.0258. The second kappa shape index (κ2) is 5.51. The summed E-state index contributed by atoms with van der Waals surface area (Å²) in [6, 6.07) is 0.806. The Hall–Kier alpha value is -1.79. The fraction of sp³-hybridized carbons (Fsp3) is 0.400. The van der Waals surface area contributed by atoms with E-state index < -0.39 is 29.6 Å². The number of rotatable bonds is 4. The number of methoxy groups -OCH3 is 1. The summed E-state index contributed by atoms with van der Waals surface area (Å²) in [5, 5.41) is 0. The third-order valence-corrected chi connectivity index (χ3v) is 1.88. The quantitative estimate of drug-likeness (QED) is 0.607. The van der Waals surface area contributed by atoms with Crippen molar-refractivity contribution in [1.82, 2.24) is 4.98 Å². The summed E-state index contributed by atoms with van der Waals surface area (Å²) >= 11 is 0. The van der Waals surface area contributed by atoms with E-state index in [-0.39, 0.29) is 12.4 Å². The van der Waals surface area contributed by atoms with Crippen molar-refractivity contribution in [2.45, 2.75) is 13.3 Å². The molecular weight excluding hydrogens is 239 g/mol. The van der Waals surface area contributed by atoms with Crippen LogP contribution in [0.1, 0.15) is 29.4 Å². The van der Waals surface area contributed by atoms with Crippen LogP contribution in [0.15, 0.2) is 6.07 Å². The zero-order valence-electron chi connectivity index (χ0n) is 9.17. The molecule has 0 aromatic carbocycles. The number of esters is 1. The first-order chi connectivity index (χ1) is 8.01. The highest BCUT2D eigenvalue weighted by Crippen LogP contribution is 2.27. The van der Waals surface area contributed by atoms with Gasteiger partial charge in [0.2, 0.25) is 5.95 Å². The lowest BCUT2D eigenvalue weighted by Gasteiger charge is -2.10. The average molecular weight is 249 g/mol. The van der Waals surface area contributed by atoms with Gasteiger partial charge in [-0.3, -0.25) is 0 Å². The first kappa shape index (κ1) is 13.3. The molecule has 17 heavy (non-hydrogen) atoms. The molecule has 1 aromatic rings. The monoisotopic (exact) mass is 249 g/mol. The molecule has 0 atom stereocenters. The topological polar surface area (TPSA) is 48.4 Å². The zero-order chi connectivity index (χ0) is 13.0. The van der Waals surface area contributed by atoms with Crippen molar-refractivity contribution in [3.8, 4) is 5.75 Å². The van der Waals surface area contributed by atoms with Crippen molar-refractivity contribution in [2.24, 2.45) is 0 Å². The Bertz CT molecular complexity index is 424. The van der Waals surface area contributed by atoms with Gasteiger partial charge in [-0.25, -0.2) is 18.6 Å². The van der Waals surface area contributed by atoms with Crippen molar-refractivity contribution in [3.05, 3.63) is 23.3 Å². The van der Waals surface area contributed by atoms with Gasteiger partial charge >= 0.3 is 5.97 Å². The van der Waals surface area contributed by atoms with Crippen LogP contribution in [0.3, 0.4) is 0 Å². The predicted octanol–water partition coefficient (Wildman–Crippen LogP) is 2.34. The molecule has 0 N–H and O–H groups in total. The van der Waals surface area contributed by atoms with Crippen LogP contribution in [0, 0.1) is 5.95 Å². The Morgan fingerprint density at radius 1 is 1.53 bits per heavy atom. The first-order valence-electron chi connectivity index (χ1n) is 4.71. The summed E-state index contributed by atoms with van der Waals surface area (Å²) in [6.07, 6.45) is -2.95. The van der Waals surface area contributed by atoms with Crippen LogP contribution in [-0.4, -0.2) is 24.7 Å². The molecule has 0 fully saturated rings. The number of alkyl halides is 2. The highest BCUT2D eigenvalue weighted by molar-refractivity contribution is 5.92. The smallest absolute Gasteiger partial charge is 0.346 e. The summed E-state index contributed by atoms with van der Waals surface area (Å²) in [4.78, 5) is 14.3. The minimum Gasteiger partial charge on any atom is -0.496 e. The van der Waals surface area contributed by atoms with Crippen molar-refractivity contribution >= 4 is 5.97 Å². The van der Waals surface area contributed by atoms with Gasteiger partial charge in [0.15, 0.2) is 5.56 Å². The number of hydrogen-bond acceptors (Lipinski definition) is 4. The third-order valence-electron chi connectivity index (χ3n) is 1.88. The molecule has 0 spiro atoms. The third kappa shape index (κ3) is 2.86. The van der Waals surface area contributed by atoms with Crippen LogP contribution in [0.25, 0.3) is 0 Å². The fourth-order valence-corrected chi connectivity index (χ4v) is 1.17. The SMILES string of the molecule is CCOC(=O)c1c(OC)cc(C(F)F)nc1F. The van der Waals surface area contributed by atoms with E-state index in [0.29, 0.717) is 0 Å². The molecule has 0 unspecified atom stereocenters. The molecule has 0 aliphatic heterocycles. The van der Waals surface area contributed by atoms with Crippen molar-refractivity contribution < 1.29 is 27.4 Å². The molecule has 0 aliphatic rings. The maximum Gasteiger partial charge on any atom is 0.346 e. The average Bonchev–Trinajstić information content (AvgIpc) is 2.27. The van der Waals surface area contributed by atoms with E-state index in [9.17, 15) is 18.0 Å². The lowest BCUT2D eigenvalue weighted by molar-refractivity contribution is 0.0514. The Morgan fingerprint density at radius 2 is 2.18 bits per heavy atom. The van der Waals surface area contributed by atoms with Crippen LogP contribution in [0.4, 0.5) is 13.2 Å². The van der Waals surface area contributed by atoms with Crippen molar-refractivity contribution in [1.29, 1.82) is 0 Å². The first-order valence-corrected chi connectivity index (χ1v) is 4.71. The van der Waals surface area contributed by atoms with Crippen LogP contribution in [-0.2, 0) is 4.74 Å². The summed E-state index contributed by atoms with van der Waals surface area (Å²) in [5.74, 6) is -2.67. The molecule has 0 bridgehead atoms. The van der Waals surface area contributed by atoms with Gasteiger partial charge in [-0.1, -0.05) is 0 Å². The van der Waals surface area contributed by atoms with Crippen molar-refractivity contribution in [3.63, 3.8) is 0 Å². The summed E-state index contributed by atoms with van der Waals surface area (Å²) in [5.41, 5.74) is -1.38. The van der Waals surface area contributed by atoms with Crippen molar-refractivity contribution in [2.75, 3.05) is 13.7 Å². The Morgan fingerprint density at radius 3 is 2.65 bits per heavy atom. The number of carbonyl (C=O) groups excluding carboxylic acids is 1. The summed E-state index contributed by atoms with van der Waals surface area (Å²) in [6.45, 7) is 1.56. The minimum atomic E-state index is -2.95. The Kier molecular flexibility index (Phi) is 4.30. The molecular formula is C10H10F3NO3. The molecule has 7 heteroatoms. The fourth-order valence-electron chi connectivity index (χ4n) is 1.17. The number of nitrogens with zero attached hydrogens (tertiary/aromatic N) is 1. The van der Waals surface area contributed by atoms with Gasteiger partial charge in [0, 0.05) is 6.07 Å². The van der Waals surface area contributed by atoms with E-state index in [1.807, 2.05) is 0 Å². The number of aromatic nitrogens is 1. The van der Waals surface area contributed by atoms with Gasteiger partial charge in [-0.05, 0) is 6.92 Å². The van der Waals surface area contributed by atoms with Gasteiger partial charge in [0.1, 0.15) is 11.4 Å². The highest BCUT2D eigenvalue weighted by atomic mass is 19.3. The van der Waals surface area contributed by atoms with Gasteiger partial charge < -0.3 is 9.47 Å². The summed E-state index contributed by atoms with van der Waals surface area (Å²) in [7, 11) is 1.13. The van der Waals surface area contributed by atoms with Gasteiger partial charge in [0.25, 0.3) is 6.43 Å². The molecule has 1 heterocycles. The van der Waals surface area contributed by atoms with E-state index in [1.54, 1.807) is 0 Å². The molecule has 1 rings (SSSR count). The normalized spacial score (nSPS) is 10.5.